The third-order valence-corrected chi connectivity index (χ3v) is 12.8. The lowest BCUT2D eigenvalue weighted by Crippen LogP contribution is -2.18. The molecule has 8 aromatic rings. The molecule has 0 amide bonds. The normalized spacial score (nSPS) is 15.6. The summed E-state index contributed by atoms with van der Waals surface area (Å²) in [6, 6.07) is 58.8. The Balaban J connectivity index is 1.18. The molecule has 0 fully saturated rings. The largest absolute Gasteiger partial charge is 0.310 e. The van der Waals surface area contributed by atoms with Gasteiger partial charge in [-0.1, -0.05) is 152 Å². The number of benzene rings is 8. The number of hydrogen-bond acceptors (Lipinski definition) is 2. The molecule has 12 rings (SSSR count). The highest BCUT2D eigenvalue weighted by Crippen LogP contribution is 2.49. The van der Waals surface area contributed by atoms with Crippen LogP contribution in [0.2, 0.25) is 0 Å². The van der Waals surface area contributed by atoms with Gasteiger partial charge in [-0.3, -0.25) is 0 Å². The number of hydrogen-bond donors (Lipinski definition) is 0. The lowest BCUT2D eigenvalue weighted by atomic mass is 9.85. The number of fused-ring (bicyclic) bond motifs is 5. The molecule has 2 aliphatic carbocycles. The fraction of sp³-hybridized carbons (Fsp3) is 0.0690. The van der Waals surface area contributed by atoms with Gasteiger partial charge in [-0.15, -0.1) is 0 Å². The minimum Gasteiger partial charge on any atom is -0.310 e. The van der Waals surface area contributed by atoms with Gasteiger partial charge in [0.2, 0.25) is 0 Å². The van der Waals surface area contributed by atoms with E-state index in [0.29, 0.717) is 0 Å². The fourth-order valence-corrected chi connectivity index (χ4v) is 10.0. The van der Waals surface area contributed by atoms with E-state index in [4.69, 9.17) is 0 Å². The molecule has 0 radical (unpaired) electrons. The second-order valence-electron chi connectivity index (χ2n) is 16.3. The average Bonchev–Trinajstić information content (AvgIpc) is 3.59. The zero-order valence-corrected chi connectivity index (χ0v) is 33.4. The molecule has 60 heavy (non-hydrogen) atoms. The number of rotatable bonds is 4. The number of anilines is 4. The summed E-state index contributed by atoms with van der Waals surface area (Å²) in [5, 5.41) is 7.44. The highest BCUT2D eigenvalue weighted by molar-refractivity contribution is 6.23. The van der Waals surface area contributed by atoms with Gasteiger partial charge in [-0.05, 0) is 157 Å². The van der Waals surface area contributed by atoms with E-state index in [2.05, 4.69) is 216 Å². The van der Waals surface area contributed by atoms with Crippen LogP contribution in [0.15, 0.2) is 217 Å². The molecule has 0 saturated heterocycles. The van der Waals surface area contributed by atoms with Gasteiger partial charge in [-0.25, -0.2) is 0 Å². The van der Waals surface area contributed by atoms with Gasteiger partial charge in [0, 0.05) is 22.8 Å². The maximum absolute atomic E-state index is 2.49. The first-order valence-corrected chi connectivity index (χ1v) is 21.3. The third-order valence-electron chi connectivity index (χ3n) is 12.8. The van der Waals surface area contributed by atoms with Gasteiger partial charge in [0.05, 0.1) is 11.4 Å². The van der Waals surface area contributed by atoms with E-state index in [9.17, 15) is 0 Å². The molecule has 2 nitrogen and oxygen atoms in total. The van der Waals surface area contributed by atoms with Crippen LogP contribution in [0, 0.1) is 0 Å². The highest BCUT2D eigenvalue weighted by atomic mass is 15.2. The first kappa shape index (κ1) is 34.6. The van der Waals surface area contributed by atoms with E-state index >= 15 is 0 Å². The maximum atomic E-state index is 2.49. The Labute approximate surface area is 351 Å². The zero-order chi connectivity index (χ0) is 39.6. The van der Waals surface area contributed by atoms with Gasteiger partial charge in [0.15, 0.2) is 0 Å². The maximum Gasteiger partial charge on any atom is 0.0534 e. The van der Waals surface area contributed by atoms with Crippen LogP contribution in [0.4, 0.5) is 22.7 Å². The Morgan fingerprint density at radius 2 is 0.867 bits per heavy atom. The molecule has 2 aliphatic heterocycles. The summed E-state index contributed by atoms with van der Waals surface area (Å²) in [4.78, 5) is 4.98. The summed E-state index contributed by atoms with van der Waals surface area (Å²) in [6.07, 6.45) is 22.7. The summed E-state index contributed by atoms with van der Waals surface area (Å²) in [6.45, 7) is 0. The van der Waals surface area contributed by atoms with Gasteiger partial charge in [0.25, 0.3) is 0 Å². The molecule has 0 bridgehead atoms. The van der Waals surface area contributed by atoms with Crippen molar-refractivity contribution in [3.05, 3.63) is 228 Å². The molecular formula is C58H42N2. The quantitative estimate of drug-likeness (QED) is 0.165. The topological polar surface area (TPSA) is 6.48 Å². The Bertz CT molecular complexity index is 3260. The molecule has 0 atom stereocenters. The average molecular weight is 767 g/mol. The minimum atomic E-state index is 1.03. The van der Waals surface area contributed by atoms with E-state index in [1.54, 1.807) is 0 Å². The van der Waals surface area contributed by atoms with Crippen molar-refractivity contribution in [2.75, 3.05) is 9.80 Å². The first-order chi connectivity index (χ1) is 29.8. The second-order valence-corrected chi connectivity index (χ2v) is 16.3. The molecular weight excluding hydrogens is 725 g/mol. The molecule has 0 aromatic heterocycles. The molecule has 0 unspecified atom stereocenters. The monoisotopic (exact) mass is 766 g/mol. The van der Waals surface area contributed by atoms with Crippen molar-refractivity contribution in [3.8, 4) is 22.3 Å². The number of allylic oxidation sites excluding steroid dienone is 8. The molecule has 284 valence electrons. The van der Waals surface area contributed by atoms with Crippen molar-refractivity contribution in [3.63, 3.8) is 0 Å². The SMILES string of the molecule is C1=CC2=C(C=Cc3ccccc3N2c2ccc3c(-c4ccc5ccccc5c4)c4cc(N5C6=C(C=Cc7ccccc75)CCC=C6)ccc4c(-c4ccccc4)c3c2)CC1. The zero-order valence-electron chi connectivity index (χ0n) is 33.4. The Morgan fingerprint density at radius 3 is 1.47 bits per heavy atom. The summed E-state index contributed by atoms with van der Waals surface area (Å²) in [5.41, 5.74) is 17.3. The van der Waals surface area contributed by atoms with E-state index in [-0.39, 0.29) is 0 Å². The smallest absolute Gasteiger partial charge is 0.0534 e. The van der Waals surface area contributed by atoms with Crippen LogP contribution in [-0.2, 0) is 0 Å². The molecule has 0 spiro atoms. The number of para-hydroxylation sites is 2. The van der Waals surface area contributed by atoms with Crippen molar-refractivity contribution >= 4 is 67.2 Å². The molecule has 2 heterocycles. The second kappa shape index (κ2) is 14.1. The van der Waals surface area contributed by atoms with E-state index < -0.39 is 0 Å². The summed E-state index contributed by atoms with van der Waals surface area (Å²) in [7, 11) is 0. The summed E-state index contributed by atoms with van der Waals surface area (Å²) >= 11 is 0. The van der Waals surface area contributed by atoms with Crippen molar-refractivity contribution in [1.29, 1.82) is 0 Å². The molecule has 8 aromatic carbocycles. The van der Waals surface area contributed by atoms with Crippen molar-refractivity contribution in [1.82, 2.24) is 0 Å². The molecule has 4 aliphatic rings. The van der Waals surface area contributed by atoms with E-state index in [1.807, 2.05) is 0 Å². The van der Waals surface area contributed by atoms with Crippen molar-refractivity contribution < 1.29 is 0 Å². The van der Waals surface area contributed by atoms with Crippen LogP contribution in [0.1, 0.15) is 36.8 Å². The lowest BCUT2D eigenvalue weighted by Gasteiger charge is -2.31. The fourth-order valence-electron chi connectivity index (χ4n) is 10.0. The molecule has 0 N–H and O–H groups in total. The van der Waals surface area contributed by atoms with Gasteiger partial charge >= 0.3 is 0 Å². The minimum absolute atomic E-state index is 1.03. The standard InChI is InChI=1S/C58H42N2/c1-2-19-44(20-3-1)57-49-34-32-48(60-55-24-12-8-17-42(55)29-30-43-18-9-13-25-56(43)60)38-52(49)58(46-31-26-39-14-4-5-21-45(39)36-46)50-35-33-47(37-51(50)57)59-53-22-10-6-15-40(53)27-28-41-16-7-11-23-54(41)59/h1-6,8,10-15,17,19-38H,7,9,16,18H2. The summed E-state index contributed by atoms with van der Waals surface area (Å²) < 4.78 is 0. The highest BCUT2D eigenvalue weighted by Gasteiger charge is 2.27. The Hall–Kier alpha value is -7.42. The predicted octanol–water partition coefficient (Wildman–Crippen LogP) is 16.0. The Morgan fingerprint density at radius 1 is 0.350 bits per heavy atom. The van der Waals surface area contributed by atoms with Crippen LogP contribution in [0.25, 0.3) is 66.7 Å². The molecule has 2 heteroatoms. The van der Waals surface area contributed by atoms with E-state index in [0.717, 1.165) is 37.1 Å². The molecule has 0 saturated carbocycles. The van der Waals surface area contributed by atoms with Crippen LogP contribution >= 0.6 is 0 Å². The number of nitrogens with zero attached hydrogens (tertiary/aromatic N) is 2. The Kier molecular flexibility index (Phi) is 8.16. The third kappa shape index (κ3) is 5.63. The first-order valence-electron chi connectivity index (χ1n) is 21.3. The lowest BCUT2D eigenvalue weighted by molar-refractivity contribution is 0.955. The van der Waals surface area contributed by atoms with Gasteiger partial charge in [-0.2, -0.15) is 0 Å². The van der Waals surface area contributed by atoms with Gasteiger partial charge in [0.1, 0.15) is 0 Å². The van der Waals surface area contributed by atoms with Crippen LogP contribution in [-0.4, -0.2) is 0 Å². The van der Waals surface area contributed by atoms with Crippen molar-refractivity contribution in [2.24, 2.45) is 0 Å². The van der Waals surface area contributed by atoms with Crippen LogP contribution < -0.4 is 9.80 Å². The van der Waals surface area contributed by atoms with Crippen LogP contribution in [0.3, 0.4) is 0 Å². The van der Waals surface area contributed by atoms with E-state index in [1.165, 1.54) is 99.6 Å². The van der Waals surface area contributed by atoms with Gasteiger partial charge < -0.3 is 9.80 Å². The summed E-state index contributed by atoms with van der Waals surface area (Å²) in [5.74, 6) is 0. The van der Waals surface area contributed by atoms with Crippen LogP contribution in [0.5, 0.6) is 0 Å². The van der Waals surface area contributed by atoms with Crippen molar-refractivity contribution in [2.45, 2.75) is 25.7 Å². The predicted molar refractivity (Wildman–Crippen MR) is 256 cm³/mol.